The number of allylic oxidation sites excluding steroid dienone is 24. The highest BCUT2D eigenvalue weighted by atomic mass is 16.6. The standard InChI is InChI=1S/C58H89NO7/c1-6-8-10-12-14-16-18-20-22-24-26-27-28-29-31-32-34-36-38-40-42-44-46-48-56(60)65-53-54(52-64-51-50-55(58(62)63)59(3,4)5)66-57(61)49-47-45-43-41-39-37-35-33-30-25-23-21-19-17-15-13-11-9-7-2/h8-11,13-17,19-23,25-27,29-31,33,35,37,39,54-55H,6-7,12,18,24,28,32,34,36,38,40-53H2,1-5H3/p+1/b10-8+,11-9+,15-13+,16-14+,19-17+,22-20+,23-21+,27-26+,30-25+,31-29+,35-33+,39-37+. The molecule has 0 aromatic rings. The molecule has 0 saturated heterocycles. The van der Waals surface area contributed by atoms with Crippen molar-refractivity contribution >= 4 is 17.9 Å². The van der Waals surface area contributed by atoms with Crippen LogP contribution in [0.25, 0.3) is 0 Å². The Hall–Kier alpha value is -4.79. The highest BCUT2D eigenvalue weighted by molar-refractivity contribution is 5.72. The summed E-state index contributed by atoms with van der Waals surface area (Å²) in [4.78, 5) is 37.2. The predicted octanol–water partition coefficient (Wildman–Crippen LogP) is 14.5. The summed E-state index contributed by atoms with van der Waals surface area (Å²) >= 11 is 0. The van der Waals surface area contributed by atoms with Crippen LogP contribution in [0.5, 0.6) is 0 Å². The number of carboxylic acids is 1. The van der Waals surface area contributed by atoms with Gasteiger partial charge in [-0.15, -0.1) is 0 Å². The number of quaternary nitrogens is 1. The van der Waals surface area contributed by atoms with Crippen LogP contribution in [0, 0.1) is 0 Å². The highest BCUT2D eigenvalue weighted by Gasteiger charge is 2.31. The van der Waals surface area contributed by atoms with Crippen molar-refractivity contribution in [2.45, 2.75) is 161 Å². The average Bonchev–Trinajstić information content (AvgIpc) is 3.28. The van der Waals surface area contributed by atoms with E-state index < -0.39 is 18.1 Å². The van der Waals surface area contributed by atoms with Gasteiger partial charge in [0.1, 0.15) is 6.61 Å². The van der Waals surface area contributed by atoms with Gasteiger partial charge in [-0.25, -0.2) is 4.79 Å². The molecule has 0 rings (SSSR count). The second-order valence-corrected chi connectivity index (χ2v) is 17.1. The number of ether oxygens (including phenoxy) is 3. The van der Waals surface area contributed by atoms with Gasteiger partial charge in [-0.05, 0) is 77.0 Å². The highest BCUT2D eigenvalue weighted by Crippen LogP contribution is 2.13. The lowest BCUT2D eigenvalue weighted by Crippen LogP contribution is -2.50. The molecule has 2 atom stereocenters. The van der Waals surface area contributed by atoms with Crippen LogP contribution in [0.15, 0.2) is 146 Å². The Morgan fingerprint density at radius 1 is 0.470 bits per heavy atom. The minimum Gasteiger partial charge on any atom is -0.477 e. The van der Waals surface area contributed by atoms with Gasteiger partial charge in [0, 0.05) is 19.3 Å². The topological polar surface area (TPSA) is 99.1 Å². The minimum atomic E-state index is -0.892. The summed E-state index contributed by atoms with van der Waals surface area (Å²) in [6.45, 7) is 4.39. The molecule has 0 aromatic heterocycles. The van der Waals surface area contributed by atoms with Gasteiger partial charge in [-0.3, -0.25) is 9.59 Å². The minimum absolute atomic E-state index is 0.0270. The zero-order chi connectivity index (χ0) is 48.4. The fraction of sp³-hybridized carbons (Fsp3) is 0.534. The summed E-state index contributed by atoms with van der Waals surface area (Å²) in [6, 6.07) is -0.637. The summed E-state index contributed by atoms with van der Waals surface area (Å²) in [5, 5.41) is 9.65. The number of esters is 2. The van der Waals surface area contributed by atoms with E-state index in [1.165, 1.54) is 19.3 Å². The number of hydrogen-bond acceptors (Lipinski definition) is 6. The van der Waals surface area contributed by atoms with Gasteiger partial charge >= 0.3 is 17.9 Å². The molecule has 1 N–H and O–H groups in total. The maximum atomic E-state index is 12.8. The molecule has 368 valence electrons. The van der Waals surface area contributed by atoms with Crippen LogP contribution in [0.3, 0.4) is 0 Å². The Morgan fingerprint density at radius 3 is 1.38 bits per heavy atom. The molecule has 0 aliphatic heterocycles. The number of unbranched alkanes of at least 4 members (excludes halogenated alkanes) is 10. The molecule has 8 nitrogen and oxygen atoms in total. The molecule has 2 unspecified atom stereocenters. The first-order chi connectivity index (χ1) is 32.1. The third-order valence-corrected chi connectivity index (χ3v) is 10.2. The molecule has 0 fully saturated rings. The van der Waals surface area contributed by atoms with Crippen molar-refractivity contribution in [1.29, 1.82) is 0 Å². The van der Waals surface area contributed by atoms with Crippen molar-refractivity contribution < 1.29 is 38.2 Å². The zero-order valence-electron chi connectivity index (χ0n) is 41.8. The van der Waals surface area contributed by atoms with Crippen molar-refractivity contribution in [2.24, 2.45) is 0 Å². The first-order valence-electron chi connectivity index (χ1n) is 25.0. The number of rotatable bonds is 42. The molecule has 0 saturated carbocycles. The van der Waals surface area contributed by atoms with E-state index in [0.717, 1.165) is 89.9 Å². The van der Waals surface area contributed by atoms with E-state index in [-0.39, 0.29) is 42.7 Å². The Bertz CT molecular complexity index is 1580. The van der Waals surface area contributed by atoms with Gasteiger partial charge in [0.15, 0.2) is 12.1 Å². The van der Waals surface area contributed by atoms with E-state index in [9.17, 15) is 19.5 Å². The molecule has 0 amide bonds. The number of likely N-dealkylation sites (N-methyl/N-ethyl adjacent to an activating group) is 1. The van der Waals surface area contributed by atoms with Gasteiger partial charge in [-0.2, -0.15) is 0 Å². The molecular formula is C58H90NO7+. The van der Waals surface area contributed by atoms with E-state index >= 15 is 0 Å². The maximum absolute atomic E-state index is 12.8. The first-order valence-corrected chi connectivity index (χ1v) is 25.0. The van der Waals surface area contributed by atoms with Crippen LogP contribution in [-0.4, -0.2) is 80.6 Å². The molecule has 0 aliphatic carbocycles. The molecule has 0 radical (unpaired) electrons. The van der Waals surface area contributed by atoms with E-state index in [4.69, 9.17) is 14.2 Å². The average molecular weight is 913 g/mol. The maximum Gasteiger partial charge on any atom is 0.362 e. The number of carbonyl (C=O) groups is 3. The van der Waals surface area contributed by atoms with Crippen LogP contribution in [0.4, 0.5) is 0 Å². The van der Waals surface area contributed by atoms with Gasteiger partial charge in [0.05, 0.1) is 34.4 Å². The second kappa shape index (κ2) is 46.7. The molecule has 0 bridgehead atoms. The van der Waals surface area contributed by atoms with Gasteiger partial charge in [-0.1, -0.05) is 198 Å². The molecule has 8 heteroatoms. The van der Waals surface area contributed by atoms with Crippen LogP contribution in [0.2, 0.25) is 0 Å². The fourth-order valence-corrected chi connectivity index (χ4v) is 6.39. The molecule has 0 spiro atoms. The van der Waals surface area contributed by atoms with E-state index in [2.05, 4.69) is 86.8 Å². The van der Waals surface area contributed by atoms with Gasteiger partial charge in [0.2, 0.25) is 0 Å². The normalized spacial score (nSPS) is 14.1. The monoisotopic (exact) mass is 913 g/mol. The van der Waals surface area contributed by atoms with Crippen LogP contribution in [-0.2, 0) is 28.6 Å². The van der Waals surface area contributed by atoms with Gasteiger partial charge < -0.3 is 23.8 Å². The quantitative estimate of drug-likeness (QED) is 0.0214. The molecular weight excluding hydrogens is 823 g/mol. The lowest BCUT2D eigenvalue weighted by atomic mass is 10.1. The summed E-state index contributed by atoms with van der Waals surface area (Å²) < 4.78 is 17.3. The lowest BCUT2D eigenvalue weighted by Gasteiger charge is -2.31. The SMILES string of the molecule is CC/C=C/C=C/C=C/C=C/C=C/C=C/C=C/CCCCCC(=O)OC(COCCC(C(=O)O)[N+](C)(C)C)COC(=O)CCCCCCCCC/C=C/C/C=C/C/C=C/C/C=C/C/C=C/CC. The number of carboxylic acid groups (broad SMARTS) is 1. The van der Waals surface area contributed by atoms with Crippen LogP contribution < -0.4 is 0 Å². The molecule has 66 heavy (non-hydrogen) atoms. The zero-order valence-corrected chi connectivity index (χ0v) is 41.8. The Labute approximate surface area is 402 Å². The van der Waals surface area contributed by atoms with Crippen molar-refractivity contribution in [3.63, 3.8) is 0 Å². The van der Waals surface area contributed by atoms with Crippen molar-refractivity contribution in [3.8, 4) is 0 Å². The number of hydrogen-bond donors (Lipinski definition) is 1. The smallest absolute Gasteiger partial charge is 0.362 e. The molecule has 0 heterocycles. The third kappa shape index (κ3) is 44.4. The molecule has 0 aliphatic rings. The summed E-state index contributed by atoms with van der Waals surface area (Å²) in [6.07, 6.45) is 68.9. The van der Waals surface area contributed by atoms with Crippen LogP contribution in [0.1, 0.15) is 149 Å². The lowest BCUT2D eigenvalue weighted by molar-refractivity contribution is -0.887. The summed E-state index contributed by atoms with van der Waals surface area (Å²) in [5.41, 5.74) is 0. The van der Waals surface area contributed by atoms with Gasteiger partial charge in [0.25, 0.3) is 0 Å². The molecule has 0 aromatic carbocycles. The predicted molar refractivity (Wildman–Crippen MR) is 279 cm³/mol. The summed E-state index contributed by atoms with van der Waals surface area (Å²) in [5.74, 6) is -1.56. The van der Waals surface area contributed by atoms with E-state index in [0.29, 0.717) is 19.3 Å². The van der Waals surface area contributed by atoms with Crippen molar-refractivity contribution in [2.75, 3.05) is 41.0 Å². The van der Waals surface area contributed by atoms with Crippen LogP contribution >= 0.6 is 0 Å². The van der Waals surface area contributed by atoms with Crippen molar-refractivity contribution in [3.05, 3.63) is 146 Å². The Balaban J connectivity index is 4.42. The number of carbonyl (C=O) groups excluding carboxylic acids is 2. The largest absolute Gasteiger partial charge is 0.477 e. The Morgan fingerprint density at radius 2 is 0.879 bits per heavy atom. The van der Waals surface area contributed by atoms with E-state index in [1.807, 2.05) is 94.1 Å². The number of nitrogens with zero attached hydrogens (tertiary/aromatic N) is 1. The van der Waals surface area contributed by atoms with E-state index in [1.54, 1.807) is 0 Å². The summed E-state index contributed by atoms with van der Waals surface area (Å²) in [7, 11) is 5.49. The third-order valence-electron chi connectivity index (χ3n) is 10.2. The first kappa shape index (κ1) is 61.2. The Kier molecular flexibility index (Phi) is 43.3. The van der Waals surface area contributed by atoms with Crippen molar-refractivity contribution in [1.82, 2.24) is 0 Å². The fourth-order valence-electron chi connectivity index (χ4n) is 6.39. The number of aliphatic carboxylic acids is 1. The second-order valence-electron chi connectivity index (χ2n) is 17.1.